The number of hydrogen-bond acceptors (Lipinski definition) is 8. The summed E-state index contributed by atoms with van der Waals surface area (Å²) in [6.07, 6.45) is 2.42. The highest BCUT2D eigenvalue weighted by molar-refractivity contribution is 6.38. The lowest BCUT2D eigenvalue weighted by Gasteiger charge is -2.41. The summed E-state index contributed by atoms with van der Waals surface area (Å²) in [6.45, 7) is 0.866. The van der Waals surface area contributed by atoms with Crippen LogP contribution in [0.2, 0.25) is 0 Å². The van der Waals surface area contributed by atoms with Gasteiger partial charge in [0.1, 0.15) is 17.7 Å². The van der Waals surface area contributed by atoms with E-state index in [0.717, 1.165) is 18.4 Å². The summed E-state index contributed by atoms with van der Waals surface area (Å²) in [5, 5.41) is 8.06. The lowest BCUT2D eigenvalue weighted by atomic mass is 9.75. The third kappa shape index (κ3) is 6.26. The van der Waals surface area contributed by atoms with Crippen LogP contribution in [0, 0.1) is 5.92 Å². The number of pyridine rings is 1. The summed E-state index contributed by atoms with van der Waals surface area (Å²) in [5.41, 5.74) is 0.154. The van der Waals surface area contributed by atoms with Crippen LogP contribution >= 0.6 is 0 Å². The molecule has 1 aromatic carbocycles. The molecule has 0 unspecified atom stereocenters. The summed E-state index contributed by atoms with van der Waals surface area (Å²) in [7, 11) is 0. The molecule has 0 radical (unpaired) electrons. The van der Waals surface area contributed by atoms with Gasteiger partial charge in [0.15, 0.2) is 6.29 Å². The number of rotatable bonds is 10. The van der Waals surface area contributed by atoms with Crippen molar-refractivity contribution in [3.05, 3.63) is 66.0 Å². The number of carbonyl (C=O) groups is 4. The number of nitrogens with one attached hydrogen (secondary N) is 3. The highest BCUT2D eigenvalue weighted by atomic mass is 16.7. The minimum absolute atomic E-state index is 0.0283. The van der Waals surface area contributed by atoms with E-state index < -0.39 is 41.4 Å². The average molecular weight is 537 g/mol. The van der Waals surface area contributed by atoms with E-state index >= 15 is 0 Å². The van der Waals surface area contributed by atoms with Crippen LogP contribution in [0.5, 0.6) is 0 Å². The molecular formula is C28H32N4O7. The number of alkyl carbamates (subject to hydrolysis) is 1. The Morgan fingerprint density at radius 3 is 2.56 bits per heavy atom. The standard InChI is InChI=1S/C28H32N4O7/c33-23(24(34)30-16-19-9-4-5-13-29-19)21(15-18-7-2-1-3-8-18)31-26(35)28(11-6-12-28)32-27(36)39-22-17-38-25-20(22)10-14-37-25/h1-5,7-9,13,20-22,25H,6,10-12,14-17H2,(H,30,34)(H,31,35)(H,32,36)/t20-,21+,22-,25+/m0/s1. The zero-order valence-electron chi connectivity index (χ0n) is 21.5. The van der Waals surface area contributed by atoms with Gasteiger partial charge in [0, 0.05) is 12.6 Å². The van der Waals surface area contributed by atoms with Crippen molar-refractivity contribution in [2.45, 2.75) is 62.6 Å². The van der Waals surface area contributed by atoms with Crippen molar-refractivity contribution in [1.29, 1.82) is 0 Å². The molecule has 4 atom stereocenters. The smallest absolute Gasteiger partial charge is 0.408 e. The molecule has 5 rings (SSSR count). The van der Waals surface area contributed by atoms with E-state index in [1.807, 2.05) is 30.3 Å². The molecule has 11 heteroatoms. The van der Waals surface area contributed by atoms with Gasteiger partial charge in [-0.3, -0.25) is 19.4 Å². The van der Waals surface area contributed by atoms with E-state index in [4.69, 9.17) is 14.2 Å². The Morgan fingerprint density at radius 2 is 1.85 bits per heavy atom. The van der Waals surface area contributed by atoms with E-state index in [1.165, 1.54) is 0 Å². The molecule has 39 heavy (non-hydrogen) atoms. The zero-order chi connectivity index (χ0) is 27.2. The van der Waals surface area contributed by atoms with Crippen LogP contribution < -0.4 is 16.0 Å². The molecule has 3 aliphatic rings. The number of ketones is 1. The number of amides is 3. The molecule has 2 aliphatic heterocycles. The Bertz CT molecular complexity index is 1190. The molecule has 3 fully saturated rings. The van der Waals surface area contributed by atoms with E-state index in [1.54, 1.807) is 24.4 Å². The lowest BCUT2D eigenvalue weighted by Crippen LogP contribution is -2.65. The first-order valence-corrected chi connectivity index (χ1v) is 13.2. The first-order valence-electron chi connectivity index (χ1n) is 13.2. The number of hydrogen-bond donors (Lipinski definition) is 3. The predicted octanol–water partition coefficient (Wildman–Crippen LogP) is 1.40. The molecule has 1 saturated carbocycles. The van der Waals surface area contributed by atoms with Gasteiger partial charge in [-0.05, 0) is 43.4 Å². The van der Waals surface area contributed by atoms with Crippen molar-refractivity contribution in [3.63, 3.8) is 0 Å². The van der Waals surface area contributed by atoms with Crippen molar-refractivity contribution in [3.8, 4) is 0 Å². The second-order valence-corrected chi connectivity index (χ2v) is 10.1. The first kappa shape index (κ1) is 26.8. The Morgan fingerprint density at radius 1 is 1.05 bits per heavy atom. The average Bonchev–Trinajstić information content (AvgIpc) is 3.55. The monoisotopic (exact) mass is 536 g/mol. The van der Waals surface area contributed by atoms with Crippen LogP contribution in [0.4, 0.5) is 4.79 Å². The number of fused-ring (bicyclic) bond motifs is 1. The fraction of sp³-hybridized carbons (Fsp3) is 0.464. The second kappa shape index (κ2) is 11.9. The number of carbonyl (C=O) groups excluding carboxylic acids is 4. The molecular weight excluding hydrogens is 504 g/mol. The van der Waals surface area contributed by atoms with Crippen molar-refractivity contribution in [2.24, 2.45) is 5.92 Å². The number of nitrogens with zero attached hydrogens (tertiary/aromatic N) is 1. The molecule has 3 amide bonds. The largest absolute Gasteiger partial charge is 0.443 e. The van der Waals surface area contributed by atoms with Crippen molar-refractivity contribution in [1.82, 2.24) is 20.9 Å². The topological polar surface area (TPSA) is 145 Å². The summed E-state index contributed by atoms with van der Waals surface area (Å²) in [6, 6.07) is 13.2. The minimum Gasteiger partial charge on any atom is -0.443 e. The molecule has 2 saturated heterocycles. The third-order valence-electron chi connectivity index (χ3n) is 7.51. The van der Waals surface area contributed by atoms with E-state index in [2.05, 4.69) is 20.9 Å². The van der Waals surface area contributed by atoms with E-state index in [9.17, 15) is 19.2 Å². The minimum atomic E-state index is -1.22. The summed E-state index contributed by atoms with van der Waals surface area (Å²) in [4.78, 5) is 56.4. The summed E-state index contributed by atoms with van der Waals surface area (Å²) in [5.74, 6) is -2.16. The van der Waals surface area contributed by atoms with Gasteiger partial charge in [0.25, 0.3) is 5.91 Å². The van der Waals surface area contributed by atoms with Gasteiger partial charge in [0.05, 0.1) is 31.4 Å². The van der Waals surface area contributed by atoms with E-state index in [-0.39, 0.29) is 31.8 Å². The number of ether oxygens (including phenoxy) is 3. The van der Waals surface area contributed by atoms with Gasteiger partial charge in [-0.1, -0.05) is 36.4 Å². The fourth-order valence-electron chi connectivity index (χ4n) is 5.12. The van der Waals surface area contributed by atoms with Gasteiger partial charge in [-0.15, -0.1) is 0 Å². The maximum absolute atomic E-state index is 13.5. The SMILES string of the molecule is O=C(NC1(C(=O)N[C@H](Cc2ccccc2)C(=O)C(=O)NCc2ccccn2)CCC1)O[C@H]1CO[C@H]2OCC[C@H]21. The van der Waals surface area contributed by atoms with Crippen LogP contribution in [-0.2, 0) is 41.6 Å². The quantitative estimate of drug-likeness (QED) is 0.387. The van der Waals surface area contributed by atoms with Crippen LogP contribution in [-0.4, -0.2) is 65.9 Å². The van der Waals surface area contributed by atoms with Crippen molar-refractivity contribution >= 4 is 23.7 Å². The Balaban J connectivity index is 1.23. The predicted molar refractivity (Wildman–Crippen MR) is 137 cm³/mol. The molecule has 1 aromatic heterocycles. The van der Waals surface area contributed by atoms with Crippen LogP contribution in [0.3, 0.4) is 0 Å². The molecule has 11 nitrogen and oxygen atoms in total. The van der Waals surface area contributed by atoms with Gasteiger partial charge in [0.2, 0.25) is 11.7 Å². The van der Waals surface area contributed by atoms with Crippen molar-refractivity contribution < 1.29 is 33.4 Å². The van der Waals surface area contributed by atoms with Gasteiger partial charge < -0.3 is 30.2 Å². The molecule has 0 spiro atoms. The summed E-state index contributed by atoms with van der Waals surface area (Å²) >= 11 is 0. The molecule has 3 N–H and O–H groups in total. The van der Waals surface area contributed by atoms with E-state index in [0.29, 0.717) is 25.1 Å². The van der Waals surface area contributed by atoms with Gasteiger partial charge in [-0.2, -0.15) is 0 Å². The fourth-order valence-corrected chi connectivity index (χ4v) is 5.12. The Kier molecular flexibility index (Phi) is 8.18. The normalized spacial score (nSPS) is 23.5. The number of benzene rings is 1. The Hall–Kier alpha value is -3.83. The first-order chi connectivity index (χ1) is 18.9. The maximum atomic E-state index is 13.5. The molecule has 3 heterocycles. The van der Waals surface area contributed by atoms with Crippen molar-refractivity contribution in [2.75, 3.05) is 13.2 Å². The molecule has 206 valence electrons. The molecule has 2 aromatic rings. The zero-order valence-corrected chi connectivity index (χ0v) is 21.5. The van der Waals surface area contributed by atoms with Crippen LogP contribution in [0.15, 0.2) is 54.7 Å². The Labute approximate surface area is 226 Å². The van der Waals surface area contributed by atoms with Crippen LogP contribution in [0.25, 0.3) is 0 Å². The lowest BCUT2D eigenvalue weighted by molar-refractivity contribution is -0.141. The second-order valence-electron chi connectivity index (χ2n) is 10.1. The molecule has 1 aliphatic carbocycles. The number of aromatic nitrogens is 1. The molecule has 0 bridgehead atoms. The third-order valence-corrected chi connectivity index (χ3v) is 7.51. The number of Topliss-reactive ketones (excluding diaryl/α,β-unsaturated/α-hetero) is 1. The van der Waals surface area contributed by atoms with Crippen LogP contribution in [0.1, 0.15) is 36.9 Å². The summed E-state index contributed by atoms with van der Waals surface area (Å²) < 4.78 is 16.6. The van der Waals surface area contributed by atoms with Gasteiger partial charge in [-0.25, -0.2) is 4.79 Å². The highest BCUT2D eigenvalue weighted by Gasteiger charge is 2.49. The highest BCUT2D eigenvalue weighted by Crippen LogP contribution is 2.35. The van der Waals surface area contributed by atoms with Gasteiger partial charge >= 0.3 is 6.09 Å². The maximum Gasteiger partial charge on any atom is 0.408 e.